The summed E-state index contributed by atoms with van der Waals surface area (Å²) in [5.41, 5.74) is 0.610. The van der Waals surface area contributed by atoms with Crippen molar-refractivity contribution < 1.29 is 14.3 Å². The van der Waals surface area contributed by atoms with Crippen LogP contribution in [0.2, 0.25) is 0 Å². The van der Waals surface area contributed by atoms with E-state index in [1.807, 2.05) is 12.2 Å². The Balaban J connectivity index is 2.07. The van der Waals surface area contributed by atoms with E-state index >= 15 is 0 Å². The Labute approximate surface area is 100 Å². The van der Waals surface area contributed by atoms with Gasteiger partial charge in [0.05, 0.1) is 12.7 Å². The van der Waals surface area contributed by atoms with Crippen LogP contribution >= 0.6 is 0 Å². The van der Waals surface area contributed by atoms with Gasteiger partial charge in [-0.05, 0) is 25.0 Å². The topological polar surface area (TPSA) is 35.5 Å². The van der Waals surface area contributed by atoms with Crippen LogP contribution in [0.4, 0.5) is 0 Å². The van der Waals surface area contributed by atoms with Crippen LogP contribution in [0.1, 0.15) is 12.8 Å². The van der Waals surface area contributed by atoms with Crippen molar-refractivity contribution in [1.29, 1.82) is 0 Å². The van der Waals surface area contributed by atoms with E-state index in [1.165, 1.54) is 0 Å². The van der Waals surface area contributed by atoms with Crippen molar-refractivity contribution in [3.05, 3.63) is 48.1 Å². The third kappa shape index (κ3) is 2.97. The van der Waals surface area contributed by atoms with Crippen LogP contribution < -0.4 is 9.47 Å². The molecule has 0 amide bonds. The summed E-state index contributed by atoms with van der Waals surface area (Å²) in [6.07, 6.45) is 7.53. The van der Waals surface area contributed by atoms with Gasteiger partial charge in [0.1, 0.15) is 11.5 Å². The molecular weight excluding hydrogens is 216 g/mol. The molecule has 0 bridgehead atoms. The van der Waals surface area contributed by atoms with Gasteiger partial charge in [-0.3, -0.25) is 0 Å². The molecule has 1 aliphatic carbocycles. The van der Waals surface area contributed by atoms with Crippen LogP contribution in [0.3, 0.4) is 0 Å². The molecule has 2 rings (SSSR count). The van der Waals surface area contributed by atoms with E-state index in [0.29, 0.717) is 17.1 Å². The third-order valence-electron chi connectivity index (χ3n) is 2.48. The lowest BCUT2D eigenvalue weighted by Gasteiger charge is -2.08. The molecule has 0 atom stereocenters. The summed E-state index contributed by atoms with van der Waals surface area (Å²) in [5.74, 6) is 0.840. The zero-order valence-corrected chi connectivity index (χ0v) is 9.68. The molecule has 1 aromatic carbocycles. The second-order valence-electron chi connectivity index (χ2n) is 3.71. The number of methoxy groups -OCH3 is 1. The highest BCUT2D eigenvalue weighted by atomic mass is 16.5. The van der Waals surface area contributed by atoms with Crippen molar-refractivity contribution in [2.75, 3.05) is 7.11 Å². The summed E-state index contributed by atoms with van der Waals surface area (Å²) < 4.78 is 10.3. The predicted octanol–water partition coefficient (Wildman–Crippen LogP) is 2.88. The lowest BCUT2D eigenvalue weighted by atomic mass is 10.1. The van der Waals surface area contributed by atoms with Gasteiger partial charge in [-0.1, -0.05) is 24.3 Å². The fourth-order valence-electron chi connectivity index (χ4n) is 1.60. The van der Waals surface area contributed by atoms with Gasteiger partial charge in [-0.15, -0.1) is 0 Å². The van der Waals surface area contributed by atoms with E-state index in [9.17, 15) is 4.79 Å². The van der Waals surface area contributed by atoms with E-state index in [1.54, 1.807) is 37.5 Å². The van der Waals surface area contributed by atoms with Crippen molar-refractivity contribution >= 4 is 5.97 Å². The van der Waals surface area contributed by atoms with E-state index in [2.05, 4.69) is 0 Å². The molecule has 0 spiro atoms. The molecule has 0 saturated carbocycles. The highest BCUT2D eigenvalue weighted by Gasteiger charge is 2.11. The summed E-state index contributed by atoms with van der Waals surface area (Å²) >= 11 is 0. The first-order valence-electron chi connectivity index (χ1n) is 5.52. The molecule has 17 heavy (non-hydrogen) atoms. The second kappa shape index (κ2) is 5.34. The molecule has 3 nitrogen and oxygen atoms in total. The zero-order chi connectivity index (χ0) is 12.1. The first-order valence-corrected chi connectivity index (χ1v) is 5.52. The Kier molecular flexibility index (Phi) is 3.60. The average molecular weight is 230 g/mol. The molecule has 0 aromatic heterocycles. The normalized spacial score (nSPS) is 14.1. The Morgan fingerprint density at radius 1 is 1.24 bits per heavy atom. The summed E-state index contributed by atoms with van der Waals surface area (Å²) in [5, 5.41) is 0. The van der Waals surface area contributed by atoms with Gasteiger partial charge in [-0.2, -0.15) is 0 Å². The van der Waals surface area contributed by atoms with Crippen molar-refractivity contribution in [2.45, 2.75) is 12.8 Å². The van der Waals surface area contributed by atoms with Crippen molar-refractivity contribution in [2.24, 2.45) is 0 Å². The third-order valence-corrected chi connectivity index (χ3v) is 2.48. The van der Waals surface area contributed by atoms with Crippen LogP contribution in [-0.4, -0.2) is 13.1 Å². The number of esters is 1. The number of carbonyl (C=O) groups is 1. The first-order chi connectivity index (χ1) is 8.29. The first kappa shape index (κ1) is 11.5. The monoisotopic (exact) mass is 230 g/mol. The summed E-state index contributed by atoms with van der Waals surface area (Å²) in [7, 11) is 1.58. The van der Waals surface area contributed by atoms with Gasteiger partial charge in [0.15, 0.2) is 0 Å². The minimum atomic E-state index is -0.325. The van der Waals surface area contributed by atoms with Crippen LogP contribution in [0.5, 0.6) is 11.5 Å². The van der Waals surface area contributed by atoms with Gasteiger partial charge in [-0.25, -0.2) is 4.79 Å². The Morgan fingerprint density at radius 2 is 2.06 bits per heavy atom. The molecule has 3 heteroatoms. The molecule has 1 aliphatic rings. The summed E-state index contributed by atoms with van der Waals surface area (Å²) in [6.45, 7) is 0. The number of ether oxygens (including phenoxy) is 2. The van der Waals surface area contributed by atoms with Crippen molar-refractivity contribution in [1.82, 2.24) is 0 Å². The van der Waals surface area contributed by atoms with Crippen LogP contribution in [0.25, 0.3) is 0 Å². The Morgan fingerprint density at radius 3 is 2.76 bits per heavy atom. The zero-order valence-electron chi connectivity index (χ0n) is 9.68. The largest absolute Gasteiger partial charge is 0.497 e. The number of hydrogen-bond donors (Lipinski definition) is 0. The number of rotatable bonds is 3. The van der Waals surface area contributed by atoms with Gasteiger partial charge < -0.3 is 9.47 Å². The SMILES string of the molecule is COc1cccc(OC(=O)C2=CCCC=C2)c1. The maximum atomic E-state index is 11.8. The quantitative estimate of drug-likeness (QED) is 0.591. The number of hydrogen-bond acceptors (Lipinski definition) is 3. The molecule has 0 heterocycles. The molecule has 1 aromatic rings. The summed E-state index contributed by atoms with van der Waals surface area (Å²) in [4.78, 5) is 11.8. The lowest BCUT2D eigenvalue weighted by molar-refractivity contribution is -0.129. The van der Waals surface area contributed by atoms with Crippen LogP contribution in [-0.2, 0) is 4.79 Å². The van der Waals surface area contributed by atoms with Gasteiger partial charge in [0.2, 0.25) is 0 Å². The molecule has 88 valence electrons. The second-order valence-corrected chi connectivity index (χ2v) is 3.71. The average Bonchev–Trinajstić information content (AvgIpc) is 2.40. The smallest absolute Gasteiger partial charge is 0.343 e. The molecule has 0 N–H and O–H groups in total. The minimum Gasteiger partial charge on any atom is -0.497 e. The Hall–Kier alpha value is -2.03. The summed E-state index contributed by atoms with van der Waals surface area (Å²) in [6, 6.07) is 7.00. The molecule has 0 unspecified atom stereocenters. The number of benzene rings is 1. The van der Waals surface area contributed by atoms with Gasteiger partial charge in [0.25, 0.3) is 0 Å². The maximum absolute atomic E-state index is 11.8. The van der Waals surface area contributed by atoms with Crippen LogP contribution in [0, 0.1) is 0 Å². The highest BCUT2D eigenvalue weighted by Crippen LogP contribution is 2.20. The van der Waals surface area contributed by atoms with Crippen molar-refractivity contribution in [3.63, 3.8) is 0 Å². The highest BCUT2D eigenvalue weighted by molar-refractivity contribution is 5.93. The predicted molar refractivity (Wildman–Crippen MR) is 65.1 cm³/mol. The van der Waals surface area contributed by atoms with E-state index in [4.69, 9.17) is 9.47 Å². The van der Waals surface area contributed by atoms with E-state index < -0.39 is 0 Å². The standard InChI is InChI=1S/C14H14O3/c1-16-12-8-5-9-13(10-12)17-14(15)11-6-3-2-4-7-11/h3,5-10H,2,4H2,1H3. The number of carbonyl (C=O) groups excluding carboxylic acids is 1. The van der Waals surface area contributed by atoms with E-state index in [0.717, 1.165) is 12.8 Å². The molecular formula is C14H14O3. The van der Waals surface area contributed by atoms with Gasteiger partial charge >= 0.3 is 5.97 Å². The lowest BCUT2D eigenvalue weighted by Crippen LogP contribution is -2.10. The van der Waals surface area contributed by atoms with E-state index in [-0.39, 0.29) is 5.97 Å². The molecule has 0 radical (unpaired) electrons. The maximum Gasteiger partial charge on any atom is 0.343 e. The molecule has 0 saturated heterocycles. The minimum absolute atomic E-state index is 0.325. The molecule has 0 fully saturated rings. The van der Waals surface area contributed by atoms with Crippen LogP contribution in [0.15, 0.2) is 48.1 Å². The van der Waals surface area contributed by atoms with Crippen molar-refractivity contribution in [3.8, 4) is 11.5 Å². The fraction of sp³-hybridized carbons (Fsp3) is 0.214. The van der Waals surface area contributed by atoms with Gasteiger partial charge in [0, 0.05) is 6.07 Å². The molecule has 0 aliphatic heterocycles. The Bertz CT molecular complexity index is 472. The fourth-order valence-corrected chi connectivity index (χ4v) is 1.60. The number of allylic oxidation sites excluding steroid dienone is 2.